The fraction of sp³-hybridized carbons (Fsp3) is 0.647. The Balaban J connectivity index is 1.55. The molecule has 3 nitrogen and oxygen atoms in total. The van der Waals surface area contributed by atoms with Gasteiger partial charge in [0.05, 0.1) is 0 Å². The van der Waals surface area contributed by atoms with E-state index >= 15 is 0 Å². The van der Waals surface area contributed by atoms with Gasteiger partial charge >= 0.3 is 0 Å². The Hall–Kier alpha value is -0.900. The molecule has 1 heterocycles. The summed E-state index contributed by atoms with van der Waals surface area (Å²) in [6.07, 6.45) is 3.88. The van der Waals surface area contributed by atoms with Crippen LogP contribution in [0.2, 0.25) is 0 Å². The van der Waals surface area contributed by atoms with Crippen LogP contribution >= 0.6 is 0 Å². The van der Waals surface area contributed by atoms with Crippen LogP contribution in [-0.4, -0.2) is 49.6 Å². The van der Waals surface area contributed by atoms with Gasteiger partial charge in [-0.2, -0.15) is 0 Å². The number of hydrogen-bond acceptors (Lipinski definition) is 3. The van der Waals surface area contributed by atoms with Gasteiger partial charge in [0, 0.05) is 13.1 Å². The van der Waals surface area contributed by atoms with Crippen LogP contribution in [0.15, 0.2) is 30.3 Å². The Morgan fingerprint density at radius 1 is 1.25 bits per heavy atom. The van der Waals surface area contributed by atoms with Crippen molar-refractivity contribution in [3.63, 3.8) is 0 Å². The lowest BCUT2D eigenvalue weighted by Gasteiger charge is -2.19. The van der Waals surface area contributed by atoms with E-state index in [0.29, 0.717) is 0 Å². The van der Waals surface area contributed by atoms with Crippen molar-refractivity contribution >= 4 is 0 Å². The van der Waals surface area contributed by atoms with Crippen LogP contribution < -0.4 is 5.73 Å². The molecule has 1 unspecified atom stereocenters. The summed E-state index contributed by atoms with van der Waals surface area (Å²) in [5.41, 5.74) is 7.13. The van der Waals surface area contributed by atoms with Crippen molar-refractivity contribution in [2.45, 2.75) is 25.8 Å². The zero-order valence-corrected chi connectivity index (χ0v) is 12.8. The second-order valence-corrected chi connectivity index (χ2v) is 6.12. The van der Waals surface area contributed by atoms with E-state index in [1.807, 2.05) is 0 Å². The van der Waals surface area contributed by atoms with E-state index in [1.54, 1.807) is 0 Å². The van der Waals surface area contributed by atoms with E-state index in [4.69, 9.17) is 5.73 Å². The van der Waals surface area contributed by atoms with Gasteiger partial charge in [-0.3, -0.25) is 0 Å². The predicted octanol–water partition coefficient (Wildman–Crippen LogP) is 2.18. The number of unbranched alkanes of at least 4 members (excludes halogenated alkanes) is 1. The fourth-order valence-corrected chi connectivity index (χ4v) is 3.00. The average Bonchev–Trinajstić information content (AvgIpc) is 2.93. The van der Waals surface area contributed by atoms with Gasteiger partial charge in [0.25, 0.3) is 0 Å². The summed E-state index contributed by atoms with van der Waals surface area (Å²) in [4.78, 5) is 5.00. The van der Waals surface area contributed by atoms with Crippen LogP contribution in [0.25, 0.3) is 0 Å². The van der Waals surface area contributed by atoms with Gasteiger partial charge in [0.1, 0.15) is 0 Å². The Labute approximate surface area is 123 Å². The first-order valence-electron chi connectivity index (χ1n) is 7.93. The third-order valence-corrected chi connectivity index (χ3v) is 4.26. The molecule has 1 aliphatic heterocycles. The largest absolute Gasteiger partial charge is 0.330 e. The number of benzene rings is 1. The molecular weight excluding hydrogens is 246 g/mol. The molecular formula is C17H29N3. The van der Waals surface area contributed by atoms with Crippen LogP contribution in [0.4, 0.5) is 0 Å². The van der Waals surface area contributed by atoms with E-state index in [-0.39, 0.29) is 0 Å². The van der Waals surface area contributed by atoms with Gasteiger partial charge in [0.15, 0.2) is 0 Å². The topological polar surface area (TPSA) is 32.5 Å². The minimum absolute atomic E-state index is 0.746. The smallest absolute Gasteiger partial charge is 0.0230 e. The molecule has 0 spiro atoms. The zero-order chi connectivity index (χ0) is 14.2. The molecule has 1 atom stereocenters. The lowest BCUT2D eigenvalue weighted by molar-refractivity contribution is 0.285. The Bertz CT molecular complexity index is 366. The molecule has 0 radical (unpaired) electrons. The van der Waals surface area contributed by atoms with Gasteiger partial charge < -0.3 is 15.5 Å². The van der Waals surface area contributed by atoms with Gasteiger partial charge in [-0.15, -0.1) is 0 Å². The molecule has 0 amide bonds. The average molecular weight is 275 g/mol. The Kier molecular flexibility index (Phi) is 6.51. The maximum absolute atomic E-state index is 5.73. The summed E-state index contributed by atoms with van der Waals surface area (Å²) in [6.45, 7) is 6.81. The maximum Gasteiger partial charge on any atom is 0.0230 e. The second-order valence-electron chi connectivity index (χ2n) is 6.12. The Morgan fingerprint density at radius 2 is 2.05 bits per heavy atom. The van der Waals surface area contributed by atoms with E-state index in [1.165, 1.54) is 51.0 Å². The summed E-state index contributed by atoms with van der Waals surface area (Å²) in [6, 6.07) is 10.7. The van der Waals surface area contributed by atoms with Gasteiger partial charge in [-0.25, -0.2) is 0 Å². The molecule has 1 fully saturated rings. The highest BCUT2D eigenvalue weighted by atomic mass is 15.1. The number of nitrogens with zero attached hydrogens (tertiary/aromatic N) is 2. The van der Waals surface area contributed by atoms with Gasteiger partial charge in [0.2, 0.25) is 0 Å². The van der Waals surface area contributed by atoms with Crippen LogP contribution in [0, 0.1) is 5.92 Å². The maximum atomic E-state index is 5.73. The van der Waals surface area contributed by atoms with E-state index in [2.05, 4.69) is 47.2 Å². The molecule has 0 bridgehead atoms. The van der Waals surface area contributed by atoms with E-state index in [9.17, 15) is 0 Å². The molecule has 2 rings (SSSR count). The second kappa shape index (κ2) is 8.40. The number of nitrogens with two attached hydrogens (primary N) is 1. The van der Waals surface area contributed by atoms with Crippen molar-refractivity contribution < 1.29 is 0 Å². The zero-order valence-electron chi connectivity index (χ0n) is 12.8. The summed E-state index contributed by atoms with van der Waals surface area (Å²) < 4.78 is 0. The first-order valence-corrected chi connectivity index (χ1v) is 7.93. The summed E-state index contributed by atoms with van der Waals surface area (Å²) in [7, 11) is 2.22. The highest BCUT2D eigenvalue weighted by molar-refractivity contribution is 5.14. The molecule has 1 aromatic carbocycles. The van der Waals surface area contributed by atoms with Crippen LogP contribution in [0.3, 0.4) is 0 Å². The number of hydrogen-bond donors (Lipinski definition) is 1. The minimum atomic E-state index is 0.746. The molecule has 3 heteroatoms. The molecule has 1 saturated heterocycles. The molecule has 20 heavy (non-hydrogen) atoms. The predicted molar refractivity (Wildman–Crippen MR) is 85.6 cm³/mol. The third-order valence-electron chi connectivity index (χ3n) is 4.26. The monoisotopic (exact) mass is 275 g/mol. The van der Waals surface area contributed by atoms with Gasteiger partial charge in [-0.05, 0) is 64.0 Å². The number of rotatable bonds is 8. The van der Waals surface area contributed by atoms with Crippen LogP contribution in [-0.2, 0) is 6.54 Å². The van der Waals surface area contributed by atoms with Crippen molar-refractivity contribution in [2.75, 3.05) is 39.8 Å². The van der Waals surface area contributed by atoms with E-state index < -0.39 is 0 Å². The van der Waals surface area contributed by atoms with Crippen LogP contribution in [0.1, 0.15) is 24.8 Å². The van der Waals surface area contributed by atoms with Crippen molar-refractivity contribution in [2.24, 2.45) is 11.7 Å². The lowest BCUT2D eigenvalue weighted by atomic mass is 10.1. The highest BCUT2D eigenvalue weighted by Crippen LogP contribution is 2.15. The lowest BCUT2D eigenvalue weighted by Crippen LogP contribution is -2.25. The van der Waals surface area contributed by atoms with E-state index in [0.717, 1.165) is 19.0 Å². The molecule has 1 aromatic rings. The standard InChI is InChI=1S/C17H29N3/c1-19(14-16-7-3-2-4-8-16)10-5-6-11-20-12-9-17(13-18)15-20/h2-4,7-8,17H,5-6,9-15,18H2,1H3. The van der Waals surface area contributed by atoms with Crippen molar-refractivity contribution in [3.8, 4) is 0 Å². The quantitative estimate of drug-likeness (QED) is 0.738. The van der Waals surface area contributed by atoms with Crippen molar-refractivity contribution in [1.29, 1.82) is 0 Å². The number of likely N-dealkylation sites (tertiary alicyclic amines) is 1. The molecule has 0 aliphatic carbocycles. The minimum Gasteiger partial charge on any atom is -0.330 e. The molecule has 0 saturated carbocycles. The van der Waals surface area contributed by atoms with Crippen molar-refractivity contribution in [3.05, 3.63) is 35.9 Å². The molecule has 1 aliphatic rings. The first-order chi connectivity index (χ1) is 9.78. The van der Waals surface area contributed by atoms with Gasteiger partial charge in [-0.1, -0.05) is 30.3 Å². The first kappa shape index (κ1) is 15.5. The molecule has 0 aromatic heterocycles. The fourth-order valence-electron chi connectivity index (χ4n) is 3.00. The highest BCUT2D eigenvalue weighted by Gasteiger charge is 2.20. The van der Waals surface area contributed by atoms with Crippen molar-refractivity contribution in [1.82, 2.24) is 9.80 Å². The summed E-state index contributed by atoms with van der Waals surface area (Å²) in [5.74, 6) is 0.746. The SMILES string of the molecule is CN(CCCCN1CCC(CN)C1)Cc1ccccc1. The normalized spacial score (nSPS) is 19.9. The van der Waals surface area contributed by atoms with Crippen LogP contribution in [0.5, 0.6) is 0 Å². The Morgan fingerprint density at radius 3 is 2.75 bits per heavy atom. The molecule has 112 valence electrons. The molecule has 2 N–H and O–H groups in total. The summed E-state index contributed by atoms with van der Waals surface area (Å²) >= 11 is 0. The third kappa shape index (κ3) is 5.23. The summed E-state index contributed by atoms with van der Waals surface area (Å²) in [5, 5.41) is 0.